The maximum absolute atomic E-state index is 12.9. The fourth-order valence-corrected chi connectivity index (χ4v) is 4.31. The average molecular weight is 431 g/mol. The Kier molecular flexibility index (Phi) is 5.82. The van der Waals surface area contributed by atoms with E-state index in [9.17, 15) is 9.59 Å². The molecule has 0 radical (unpaired) electrons. The van der Waals surface area contributed by atoms with Crippen LogP contribution >= 0.6 is 11.3 Å². The zero-order valence-corrected chi connectivity index (χ0v) is 18.3. The smallest absolute Gasteiger partial charge is 0.339 e. The molecule has 1 aromatic heterocycles. The lowest BCUT2D eigenvalue weighted by Crippen LogP contribution is -2.30. The highest BCUT2D eigenvalue weighted by Crippen LogP contribution is 2.32. The number of para-hydroxylation sites is 1. The van der Waals surface area contributed by atoms with Gasteiger partial charge in [-0.2, -0.15) is 0 Å². The molecule has 0 aliphatic heterocycles. The van der Waals surface area contributed by atoms with Gasteiger partial charge in [-0.15, -0.1) is 11.3 Å². The van der Waals surface area contributed by atoms with Crippen molar-refractivity contribution in [2.24, 2.45) is 0 Å². The molecule has 1 N–H and O–H groups in total. The molecule has 4 aromatic rings. The van der Waals surface area contributed by atoms with Gasteiger partial charge in [-0.25, -0.2) is 9.78 Å². The molecule has 0 fully saturated rings. The second-order valence-corrected chi connectivity index (χ2v) is 8.42. The highest BCUT2D eigenvalue weighted by atomic mass is 32.1. The number of fused-ring (bicyclic) bond motifs is 1. The molecule has 3 aromatic carbocycles. The Morgan fingerprint density at radius 1 is 1.00 bits per heavy atom. The summed E-state index contributed by atoms with van der Waals surface area (Å²) in [7, 11) is 0. The summed E-state index contributed by atoms with van der Waals surface area (Å²) < 4.78 is 6.54. The number of carbonyl (C=O) groups excluding carboxylic acids is 2. The minimum Gasteiger partial charge on any atom is -0.449 e. The van der Waals surface area contributed by atoms with Crippen LogP contribution in [-0.2, 0) is 9.53 Å². The number of anilines is 1. The number of nitrogens with one attached hydrogen (secondary N) is 1. The molecule has 0 aliphatic carbocycles. The highest BCUT2D eigenvalue weighted by Gasteiger charge is 2.22. The first-order valence-electron chi connectivity index (χ1n) is 9.96. The lowest BCUT2D eigenvalue weighted by atomic mass is 10.1. The van der Waals surface area contributed by atoms with Gasteiger partial charge in [0.1, 0.15) is 5.01 Å². The summed E-state index contributed by atoms with van der Waals surface area (Å²) >= 11 is 1.51. The number of hydrogen-bond acceptors (Lipinski definition) is 5. The zero-order chi connectivity index (χ0) is 22.0. The van der Waals surface area contributed by atoms with Gasteiger partial charge in [0.25, 0.3) is 5.91 Å². The summed E-state index contributed by atoms with van der Waals surface area (Å²) in [5, 5.41) is 3.57. The van der Waals surface area contributed by atoms with Crippen molar-refractivity contribution in [3.63, 3.8) is 0 Å². The van der Waals surface area contributed by atoms with E-state index in [1.54, 1.807) is 19.1 Å². The molecular weight excluding hydrogens is 408 g/mol. The van der Waals surface area contributed by atoms with Gasteiger partial charge in [0.15, 0.2) is 6.10 Å². The molecule has 0 bridgehead atoms. The van der Waals surface area contributed by atoms with Gasteiger partial charge >= 0.3 is 5.97 Å². The maximum atomic E-state index is 12.9. The van der Waals surface area contributed by atoms with Crippen molar-refractivity contribution in [2.75, 3.05) is 5.32 Å². The van der Waals surface area contributed by atoms with Crippen LogP contribution in [0.2, 0.25) is 0 Å². The number of benzene rings is 3. The van der Waals surface area contributed by atoms with E-state index in [-0.39, 0.29) is 5.91 Å². The Morgan fingerprint density at radius 2 is 1.74 bits per heavy atom. The van der Waals surface area contributed by atoms with Crippen LogP contribution in [0.1, 0.15) is 28.4 Å². The molecule has 0 saturated carbocycles. The molecule has 0 spiro atoms. The lowest BCUT2D eigenvalue weighted by Gasteiger charge is -2.16. The quantitative estimate of drug-likeness (QED) is 0.409. The number of ether oxygens (including phenoxy) is 1. The van der Waals surface area contributed by atoms with Crippen LogP contribution in [0.25, 0.3) is 20.8 Å². The Hall–Kier alpha value is -3.51. The third-order valence-electron chi connectivity index (χ3n) is 4.96. The van der Waals surface area contributed by atoms with Gasteiger partial charge in [-0.3, -0.25) is 4.79 Å². The van der Waals surface area contributed by atoms with Crippen molar-refractivity contribution < 1.29 is 14.3 Å². The first-order valence-corrected chi connectivity index (χ1v) is 10.8. The van der Waals surface area contributed by atoms with E-state index in [0.717, 1.165) is 26.4 Å². The first-order chi connectivity index (χ1) is 14.9. The Labute approximate surface area is 184 Å². The van der Waals surface area contributed by atoms with E-state index in [0.29, 0.717) is 16.8 Å². The van der Waals surface area contributed by atoms with Crippen LogP contribution < -0.4 is 5.32 Å². The Balaban J connectivity index is 1.52. The summed E-state index contributed by atoms with van der Waals surface area (Å²) in [5.41, 5.74) is 4.72. The predicted molar refractivity (Wildman–Crippen MR) is 124 cm³/mol. The van der Waals surface area contributed by atoms with E-state index in [1.165, 1.54) is 11.3 Å². The molecule has 0 saturated heterocycles. The van der Waals surface area contributed by atoms with E-state index < -0.39 is 12.1 Å². The number of aryl methyl sites for hydroxylation is 2. The van der Waals surface area contributed by atoms with E-state index in [4.69, 9.17) is 4.74 Å². The number of amides is 1. The van der Waals surface area contributed by atoms with Crippen molar-refractivity contribution in [2.45, 2.75) is 26.9 Å². The summed E-state index contributed by atoms with van der Waals surface area (Å²) in [6, 6.07) is 20.7. The molecule has 156 valence electrons. The third kappa shape index (κ3) is 4.49. The predicted octanol–water partition coefficient (Wildman–Crippen LogP) is 5.76. The summed E-state index contributed by atoms with van der Waals surface area (Å²) in [6.45, 7) is 5.48. The van der Waals surface area contributed by atoms with Crippen LogP contribution in [0.4, 0.5) is 5.69 Å². The van der Waals surface area contributed by atoms with E-state index >= 15 is 0 Å². The van der Waals surface area contributed by atoms with Gasteiger partial charge in [0, 0.05) is 11.3 Å². The number of nitrogens with zero attached hydrogens (tertiary/aromatic N) is 1. The van der Waals surface area contributed by atoms with Crippen molar-refractivity contribution in [1.82, 2.24) is 4.98 Å². The SMILES string of the molecule is Cc1ccc(NC(=O)C(C)OC(=O)c2ccccc2-c2nc3ccccc3s2)c(C)c1. The summed E-state index contributed by atoms with van der Waals surface area (Å²) in [5.74, 6) is -0.934. The molecule has 1 atom stereocenters. The fraction of sp³-hybridized carbons (Fsp3) is 0.160. The second kappa shape index (κ2) is 8.70. The summed E-state index contributed by atoms with van der Waals surface area (Å²) in [4.78, 5) is 30.1. The molecule has 6 heteroatoms. The number of aromatic nitrogens is 1. The van der Waals surface area contributed by atoms with Crippen LogP contribution in [0.15, 0.2) is 66.7 Å². The van der Waals surface area contributed by atoms with Crippen LogP contribution in [0.5, 0.6) is 0 Å². The Morgan fingerprint density at radius 3 is 2.52 bits per heavy atom. The zero-order valence-electron chi connectivity index (χ0n) is 17.5. The van der Waals surface area contributed by atoms with Crippen LogP contribution in [0, 0.1) is 13.8 Å². The number of esters is 1. The average Bonchev–Trinajstić information content (AvgIpc) is 3.19. The molecule has 0 aliphatic rings. The standard InChI is InChI=1S/C25H22N2O3S/c1-15-12-13-20(16(2)14-15)26-23(28)17(3)30-25(29)19-9-5-4-8-18(19)24-27-21-10-6-7-11-22(21)31-24/h4-14,17H,1-3H3,(H,26,28). The number of thiazole rings is 1. The van der Waals surface area contributed by atoms with Crippen molar-refractivity contribution in [1.29, 1.82) is 0 Å². The van der Waals surface area contributed by atoms with Gasteiger partial charge < -0.3 is 10.1 Å². The van der Waals surface area contributed by atoms with Crippen molar-refractivity contribution in [3.05, 3.63) is 83.4 Å². The summed E-state index contributed by atoms with van der Waals surface area (Å²) in [6.07, 6.45) is -0.948. The number of hydrogen-bond donors (Lipinski definition) is 1. The van der Waals surface area contributed by atoms with Crippen molar-refractivity contribution in [3.8, 4) is 10.6 Å². The Bertz CT molecular complexity index is 1250. The molecule has 31 heavy (non-hydrogen) atoms. The monoisotopic (exact) mass is 430 g/mol. The van der Waals surface area contributed by atoms with E-state index in [2.05, 4.69) is 10.3 Å². The first kappa shape index (κ1) is 20.8. The van der Waals surface area contributed by atoms with Gasteiger partial charge in [0.05, 0.1) is 15.8 Å². The molecule has 4 rings (SSSR count). The molecule has 5 nitrogen and oxygen atoms in total. The van der Waals surface area contributed by atoms with Gasteiger partial charge in [-0.05, 0) is 50.6 Å². The molecule has 1 amide bonds. The van der Waals surface area contributed by atoms with Crippen LogP contribution in [-0.4, -0.2) is 23.0 Å². The van der Waals surface area contributed by atoms with Crippen molar-refractivity contribution >= 4 is 39.1 Å². The number of carbonyl (C=O) groups is 2. The lowest BCUT2D eigenvalue weighted by molar-refractivity contribution is -0.123. The minimum absolute atomic E-state index is 0.377. The third-order valence-corrected chi connectivity index (χ3v) is 6.03. The van der Waals surface area contributed by atoms with E-state index in [1.807, 2.05) is 68.4 Å². The largest absolute Gasteiger partial charge is 0.449 e. The normalized spacial score (nSPS) is 11.8. The molecule has 1 heterocycles. The molecule has 1 unspecified atom stereocenters. The topological polar surface area (TPSA) is 68.3 Å². The fourth-order valence-electron chi connectivity index (χ4n) is 3.30. The minimum atomic E-state index is -0.948. The van der Waals surface area contributed by atoms with Gasteiger partial charge in [-0.1, -0.05) is 48.0 Å². The molecular formula is C25H22N2O3S. The number of rotatable bonds is 5. The van der Waals surface area contributed by atoms with Gasteiger partial charge in [0.2, 0.25) is 0 Å². The second-order valence-electron chi connectivity index (χ2n) is 7.39. The maximum Gasteiger partial charge on any atom is 0.339 e. The van der Waals surface area contributed by atoms with Crippen LogP contribution in [0.3, 0.4) is 0 Å². The highest BCUT2D eigenvalue weighted by molar-refractivity contribution is 7.21.